The Hall–Kier alpha value is -2.81. The number of halogens is 1. The van der Waals surface area contributed by atoms with E-state index in [1.54, 1.807) is 0 Å². The van der Waals surface area contributed by atoms with Crippen molar-refractivity contribution in [3.05, 3.63) is 29.2 Å². The molecule has 1 aliphatic heterocycles. The van der Waals surface area contributed by atoms with Crippen molar-refractivity contribution in [3.8, 4) is 11.5 Å². The summed E-state index contributed by atoms with van der Waals surface area (Å²) in [6.07, 6.45) is 0. The molecule has 1 aromatic carbocycles. The molecule has 0 spiro atoms. The van der Waals surface area contributed by atoms with E-state index in [9.17, 15) is 14.0 Å². The van der Waals surface area contributed by atoms with Gasteiger partial charge in [-0.25, -0.2) is 4.79 Å². The summed E-state index contributed by atoms with van der Waals surface area (Å²) in [5, 5.41) is 11.8. The van der Waals surface area contributed by atoms with Gasteiger partial charge in [0.05, 0.1) is 45.7 Å². The van der Waals surface area contributed by atoms with Gasteiger partial charge in [0.1, 0.15) is 5.70 Å². The number of methoxy groups -OCH3 is 3. The molecule has 25 heavy (non-hydrogen) atoms. The van der Waals surface area contributed by atoms with E-state index in [0.717, 1.165) is 0 Å². The fraction of sp³-hybridized carbons (Fsp3) is 0.375. The number of ether oxygens (including phenoxy) is 3. The van der Waals surface area contributed by atoms with Gasteiger partial charge < -0.3 is 29.5 Å². The molecule has 0 aliphatic carbocycles. The highest BCUT2D eigenvalue weighted by atomic mass is 19.1. The molecule has 1 aromatic rings. The third-order valence-corrected chi connectivity index (χ3v) is 3.70. The number of anilines is 1. The maximum absolute atomic E-state index is 14.3. The molecular weight excluding hydrogens is 335 g/mol. The topological polar surface area (TPSA) is 97.3 Å². The Morgan fingerprint density at radius 1 is 1.32 bits per heavy atom. The van der Waals surface area contributed by atoms with Gasteiger partial charge in [0.25, 0.3) is 5.91 Å². The highest BCUT2D eigenvalue weighted by molar-refractivity contribution is 6.08. The van der Waals surface area contributed by atoms with Crippen LogP contribution in [0.2, 0.25) is 0 Å². The van der Waals surface area contributed by atoms with Gasteiger partial charge in [-0.1, -0.05) is 0 Å². The number of rotatable bonds is 7. The minimum Gasteiger partial charge on any atom is -0.494 e. The molecule has 0 radical (unpaired) electrons. The van der Waals surface area contributed by atoms with Crippen LogP contribution in [0.25, 0.3) is 0 Å². The van der Waals surface area contributed by atoms with E-state index in [4.69, 9.17) is 19.3 Å². The molecule has 0 saturated carbocycles. The summed E-state index contributed by atoms with van der Waals surface area (Å²) < 4.78 is 28.9. The van der Waals surface area contributed by atoms with Gasteiger partial charge in [-0.2, -0.15) is 4.39 Å². The van der Waals surface area contributed by atoms with Crippen LogP contribution >= 0.6 is 0 Å². The molecule has 2 rings (SSSR count). The van der Waals surface area contributed by atoms with Crippen molar-refractivity contribution >= 4 is 17.6 Å². The zero-order valence-electron chi connectivity index (χ0n) is 14.1. The van der Waals surface area contributed by atoms with Gasteiger partial charge in [-0.15, -0.1) is 0 Å². The standard InChI is InChI=1S/C16H19FN2O6/c1-23-11-5-4-10(14(24-2)12(11)17)18-13-9(16(22)25-3)8-19(6-7-20)15(13)21/h4-5,18,20H,6-8H2,1-3H3. The number of hydrogen-bond acceptors (Lipinski definition) is 7. The van der Waals surface area contributed by atoms with Crippen molar-refractivity contribution in [1.82, 2.24) is 4.90 Å². The first kappa shape index (κ1) is 18.5. The number of carbonyl (C=O) groups is 2. The van der Waals surface area contributed by atoms with E-state index in [0.29, 0.717) is 0 Å². The van der Waals surface area contributed by atoms with Crippen molar-refractivity contribution < 1.29 is 33.3 Å². The fourth-order valence-electron chi connectivity index (χ4n) is 2.48. The summed E-state index contributed by atoms with van der Waals surface area (Å²) in [4.78, 5) is 25.7. The number of esters is 1. The fourth-order valence-corrected chi connectivity index (χ4v) is 2.48. The van der Waals surface area contributed by atoms with E-state index < -0.39 is 17.7 Å². The van der Waals surface area contributed by atoms with Crippen LogP contribution < -0.4 is 14.8 Å². The first-order valence-electron chi connectivity index (χ1n) is 7.37. The van der Waals surface area contributed by atoms with E-state index in [1.807, 2.05) is 0 Å². The second-order valence-corrected chi connectivity index (χ2v) is 5.08. The van der Waals surface area contributed by atoms with Crippen molar-refractivity contribution in [3.63, 3.8) is 0 Å². The number of hydrogen-bond donors (Lipinski definition) is 2. The molecule has 1 aliphatic rings. The van der Waals surface area contributed by atoms with E-state index in [-0.39, 0.29) is 48.2 Å². The number of β-amino-alcohol motifs (C(OH)–C–C–N with tert-alkyl or cyclic N) is 1. The molecule has 1 heterocycles. The van der Waals surface area contributed by atoms with E-state index in [1.165, 1.54) is 38.4 Å². The van der Waals surface area contributed by atoms with E-state index >= 15 is 0 Å². The highest BCUT2D eigenvalue weighted by Crippen LogP contribution is 2.35. The summed E-state index contributed by atoms with van der Waals surface area (Å²) in [6.45, 7) is -0.220. The lowest BCUT2D eigenvalue weighted by atomic mass is 10.2. The second kappa shape index (κ2) is 7.84. The number of nitrogens with zero attached hydrogens (tertiary/aromatic N) is 1. The Morgan fingerprint density at radius 3 is 2.60 bits per heavy atom. The Morgan fingerprint density at radius 2 is 2.04 bits per heavy atom. The smallest absolute Gasteiger partial charge is 0.337 e. The Labute approximate surface area is 143 Å². The van der Waals surface area contributed by atoms with Crippen molar-refractivity contribution in [2.24, 2.45) is 0 Å². The molecule has 2 N–H and O–H groups in total. The molecule has 0 unspecified atom stereocenters. The van der Waals surface area contributed by atoms with Crippen molar-refractivity contribution in [2.75, 3.05) is 46.3 Å². The molecule has 9 heteroatoms. The number of aliphatic hydroxyl groups excluding tert-OH is 1. The summed E-state index contributed by atoms with van der Waals surface area (Å²) in [7, 11) is 3.78. The summed E-state index contributed by atoms with van der Waals surface area (Å²) in [6, 6.07) is 2.83. The molecule has 0 saturated heterocycles. The number of benzene rings is 1. The lowest BCUT2D eigenvalue weighted by Crippen LogP contribution is -2.31. The van der Waals surface area contributed by atoms with Crippen LogP contribution in [0.5, 0.6) is 11.5 Å². The summed E-state index contributed by atoms with van der Waals surface area (Å²) in [5.41, 5.74) is 0.179. The maximum atomic E-state index is 14.3. The normalized spacial score (nSPS) is 14.0. The molecule has 1 amide bonds. The quantitative estimate of drug-likeness (QED) is 0.689. The molecule has 0 aromatic heterocycles. The first-order valence-corrected chi connectivity index (χ1v) is 7.37. The highest BCUT2D eigenvalue weighted by Gasteiger charge is 2.35. The number of aliphatic hydroxyl groups is 1. The van der Waals surface area contributed by atoms with Gasteiger partial charge in [0, 0.05) is 6.54 Å². The van der Waals surface area contributed by atoms with Crippen molar-refractivity contribution in [2.45, 2.75) is 0 Å². The van der Waals surface area contributed by atoms with Gasteiger partial charge in [-0.05, 0) is 12.1 Å². The lowest BCUT2D eigenvalue weighted by Gasteiger charge is -2.16. The molecule has 136 valence electrons. The third kappa shape index (κ3) is 3.50. The molecule has 0 bridgehead atoms. The van der Waals surface area contributed by atoms with Crippen molar-refractivity contribution in [1.29, 1.82) is 0 Å². The van der Waals surface area contributed by atoms with Crippen LogP contribution in [0.4, 0.5) is 10.1 Å². The van der Waals surface area contributed by atoms with Crippen LogP contribution in [0, 0.1) is 5.82 Å². The minimum absolute atomic E-state index is 0.0185. The average molecular weight is 354 g/mol. The molecule has 8 nitrogen and oxygen atoms in total. The second-order valence-electron chi connectivity index (χ2n) is 5.08. The molecule has 0 atom stereocenters. The van der Waals surface area contributed by atoms with Crippen LogP contribution in [0.1, 0.15) is 0 Å². The predicted molar refractivity (Wildman–Crippen MR) is 85.8 cm³/mol. The molecular formula is C16H19FN2O6. The van der Waals surface area contributed by atoms with Gasteiger partial charge >= 0.3 is 5.97 Å². The van der Waals surface area contributed by atoms with E-state index in [2.05, 4.69) is 5.32 Å². The predicted octanol–water partition coefficient (Wildman–Crippen LogP) is 0.516. The summed E-state index contributed by atoms with van der Waals surface area (Å²) >= 11 is 0. The van der Waals surface area contributed by atoms with Crippen LogP contribution in [0.15, 0.2) is 23.4 Å². The first-order chi connectivity index (χ1) is 12.0. The third-order valence-electron chi connectivity index (χ3n) is 3.70. The minimum atomic E-state index is -0.743. The Balaban J connectivity index is 2.43. The monoisotopic (exact) mass is 354 g/mol. The number of carbonyl (C=O) groups excluding carboxylic acids is 2. The van der Waals surface area contributed by atoms with Gasteiger partial charge in [0.2, 0.25) is 5.82 Å². The lowest BCUT2D eigenvalue weighted by molar-refractivity contribution is -0.136. The van der Waals surface area contributed by atoms with Crippen LogP contribution in [-0.4, -0.2) is 62.9 Å². The summed E-state index contributed by atoms with van der Waals surface area (Å²) in [5.74, 6) is -2.13. The largest absolute Gasteiger partial charge is 0.494 e. The Kier molecular flexibility index (Phi) is 5.81. The molecule has 0 fully saturated rings. The average Bonchev–Trinajstić information content (AvgIpc) is 2.91. The Bertz CT molecular complexity index is 719. The zero-order valence-corrected chi connectivity index (χ0v) is 14.1. The zero-order chi connectivity index (χ0) is 18.6. The van der Waals surface area contributed by atoms with Gasteiger partial charge in [-0.3, -0.25) is 4.79 Å². The number of nitrogens with one attached hydrogen (secondary N) is 1. The van der Waals surface area contributed by atoms with Crippen LogP contribution in [0.3, 0.4) is 0 Å². The van der Waals surface area contributed by atoms with Crippen LogP contribution in [-0.2, 0) is 14.3 Å². The van der Waals surface area contributed by atoms with Gasteiger partial charge in [0.15, 0.2) is 11.5 Å². The maximum Gasteiger partial charge on any atom is 0.337 e. The number of amides is 1. The SMILES string of the molecule is COC(=O)C1=C(Nc2ccc(OC)c(F)c2OC)C(=O)N(CCO)C1.